The molecular weight excluding hydrogens is 220 g/mol. The second-order valence-electron chi connectivity index (χ2n) is 3.29. The van der Waals surface area contributed by atoms with Crippen molar-refractivity contribution in [1.29, 1.82) is 0 Å². The molecule has 0 aliphatic heterocycles. The van der Waals surface area contributed by atoms with Gasteiger partial charge in [-0.25, -0.2) is 13.1 Å². The zero-order valence-corrected chi connectivity index (χ0v) is 10.5. The third kappa shape index (κ3) is 7.61. The Balaban J connectivity index is 3.82. The summed E-state index contributed by atoms with van der Waals surface area (Å²) in [5.41, 5.74) is 5.29. The molecule has 0 aromatic rings. The minimum Gasteiger partial charge on any atom is -0.330 e. The van der Waals surface area contributed by atoms with Gasteiger partial charge in [0, 0.05) is 11.8 Å². The molecule has 0 heterocycles. The van der Waals surface area contributed by atoms with Gasteiger partial charge in [0.15, 0.2) is 0 Å². The quantitative estimate of drug-likeness (QED) is 0.602. The van der Waals surface area contributed by atoms with Gasteiger partial charge in [-0.2, -0.15) is 11.8 Å². The van der Waals surface area contributed by atoms with Crippen LogP contribution < -0.4 is 10.5 Å². The number of nitrogens with one attached hydrogen (secondary N) is 1. The van der Waals surface area contributed by atoms with Crippen LogP contribution in [-0.4, -0.2) is 38.8 Å². The Morgan fingerprint density at radius 2 is 2.07 bits per heavy atom. The summed E-state index contributed by atoms with van der Waals surface area (Å²) in [5.74, 6) is 0.985. The van der Waals surface area contributed by atoms with Crippen LogP contribution in [-0.2, 0) is 10.0 Å². The zero-order valence-electron chi connectivity index (χ0n) is 8.82. The van der Waals surface area contributed by atoms with Crippen molar-refractivity contribution in [2.45, 2.75) is 25.8 Å². The summed E-state index contributed by atoms with van der Waals surface area (Å²) in [6, 6.07) is 0.00729. The maximum Gasteiger partial charge on any atom is 0.211 e. The minimum atomic E-state index is -3.09. The molecule has 14 heavy (non-hydrogen) atoms. The Morgan fingerprint density at radius 3 is 2.57 bits per heavy atom. The van der Waals surface area contributed by atoms with Crippen molar-refractivity contribution >= 4 is 21.8 Å². The van der Waals surface area contributed by atoms with E-state index >= 15 is 0 Å². The van der Waals surface area contributed by atoms with Crippen molar-refractivity contribution in [1.82, 2.24) is 4.72 Å². The maximum absolute atomic E-state index is 11.4. The molecule has 0 aromatic heterocycles. The van der Waals surface area contributed by atoms with Crippen molar-refractivity contribution in [2.75, 3.05) is 24.3 Å². The van der Waals surface area contributed by atoms with Gasteiger partial charge in [-0.05, 0) is 32.6 Å². The molecule has 1 atom stereocenters. The lowest BCUT2D eigenvalue weighted by Crippen LogP contribution is -2.35. The summed E-state index contributed by atoms with van der Waals surface area (Å²) in [6.45, 7) is 2.42. The molecule has 4 nitrogen and oxygen atoms in total. The lowest BCUT2D eigenvalue weighted by Gasteiger charge is -2.12. The van der Waals surface area contributed by atoms with Crippen molar-refractivity contribution in [3.05, 3.63) is 0 Å². The van der Waals surface area contributed by atoms with Crippen molar-refractivity contribution < 1.29 is 8.42 Å². The fourth-order valence-electron chi connectivity index (χ4n) is 1.09. The van der Waals surface area contributed by atoms with E-state index in [1.807, 2.05) is 13.2 Å². The van der Waals surface area contributed by atoms with Crippen LogP contribution in [0, 0.1) is 0 Å². The minimum absolute atomic E-state index is 0.00729. The molecule has 0 rings (SSSR count). The Bertz CT molecular complexity index is 229. The van der Waals surface area contributed by atoms with Gasteiger partial charge in [0.05, 0.1) is 5.75 Å². The third-order valence-electron chi connectivity index (χ3n) is 1.66. The molecule has 0 radical (unpaired) electrons. The average Bonchev–Trinajstić information content (AvgIpc) is 2.03. The van der Waals surface area contributed by atoms with Gasteiger partial charge < -0.3 is 5.73 Å². The Kier molecular flexibility index (Phi) is 7.62. The lowest BCUT2D eigenvalue weighted by molar-refractivity contribution is 0.567. The number of unbranched alkanes of at least 4 members (excludes halogenated alkanes) is 1. The molecule has 1 unspecified atom stereocenters. The molecular formula is C8H20N2O2S2. The highest BCUT2D eigenvalue weighted by Gasteiger charge is 2.12. The van der Waals surface area contributed by atoms with E-state index < -0.39 is 10.0 Å². The molecule has 0 aromatic carbocycles. The fourth-order valence-corrected chi connectivity index (χ4v) is 3.17. The van der Waals surface area contributed by atoms with E-state index in [0.29, 0.717) is 13.0 Å². The lowest BCUT2D eigenvalue weighted by atomic mass is 10.3. The van der Waals surface area contributed by atoms with E-state index in [1.54, 1.807) is 11.8 Å². The van der Waals surface area contributed by atoms with Gasteiger partial charge in [0.25, 0.3) is 0 Å². The molecule has 0 spiro atoms. The first kappa shape index (κ1) is 14.2. The Labute approximate surface area is 91.1 Å². The van der Waals surface area contributed by atoms with Gasteiger partial charge in [0.2, 0.25) is 10.0 Å². The first-order valence-corrected chi connectivity index (χ1v) is 7.75. The summed E-state index contributed by atoms with van der Waals surface area (Å²) < 4.78 is 25.5. The molecule has 0 saturated carbocycles. The van der Waals surface area contributed by atoms with Gasteiger partial charge in [-0.1, -0.05) is 0 Å². The van der Waals surface area contributed by atoms with Crippen LogP contribution in [0.4, 0.5) is 0 Å². The van der Waals surface area contributed by atoms with Crippen LogP contribution in [0.3, 0.4) is 0 Å². The summed E-state index contributed by atoms with van der Waals surface area (Å²) in [5, 5.41) is 0. The van der Waals surface area contributed by atoms with Gasteiger partial charge in [0.1, 0.15) is 0 Å². The Hall–Kier alpha value is 0.220. The standard InChI is InChI=1S/C8H20N2O2S2/c1-8(7-13-2)10-14(11,12)6-4-3-5-9/h8,10H,3-7,9H2,1-2H3. The first-order chi connectivity index (χ1) is 6.52. The molecule has 6 heteroatoms. The number of sulfonamides is 1. The molecule has 86 valence electrons. The molecule has 0 aliphatic carbocycles. The van der Waals surface area contributed by atoms with Crippen LogP contribution in [0.25, 0.3) is 0 Å². The van der Waals surface area contributed by atoms with E-state index in [2.05, 4.69) is 4.72 Å². The summed E-state index contributed by atoms with van der Waals surface area (Å²) >= 11 is 1.63. The van der Waals surface area contributed by atoms with Crippen molar-refractivity contribution in [3.63, 3.8) is 0 Å². The number of rotatable bonds is 8. The monoisotopic (exact) mass is 240 g/mol. The topological polar surface area (TPSA) is 72.2 Å². The SMILES string of the molecule is CSCC(C)NS(=O)(=O)CCCCN. The fraction of sp³-hybridized carbons (Fsp3) is 1.00. The smallest absolute Gasteiger partial charge is 0.211 e. The number of hydrogen-bond acceptors (Lipinski definition) is 4. The highest BCUT2D eigenvalue weighted by atomic mass is 32.2. The van der Waals surface area contributed by atoms with E-state index in [-0.39, 0.29) is 11.8 Å². The van der Waals surface area contributed by atoms with Crippen molar-refractivity contribution in [2.24, 2.45) is 5.73 Å². The van der Waals surface area contributed by atoms with Crippen LogP contribution in [0.5, 0.6) is 0 Å². The second-order valence-corrected chi connectivity index (χ2v) is 6.07. The highest BCUT2D eigenvalue weighted by molar-refractivity contribution is 7.98. The van der Waals surface area contributed by atoms with E-state index in [0.717, 1.165) is 12.2 Å². The number of thioether (sulfide) groups is 1. The summed E-state index contributed by atoms with van der Waals surface area (Å²) in [6.07, 6.45) is 3.36. The molecule has 0 fully saturated rings. The molecule has 0 saturated heterocycles. The van der Waals surface area contributed by atoms with Gasteiger partial charge in [-0.15, -0.1) is 0 Å². The number of hydrogen-bond donors (Lipinski definition) is 2. The third-order valence-corrected chi connectivity index (χ3v) is 4.09. The Morgan fingerprint density at radius 1 is 1.43 bits per heavy atom. The number of nitrogens with two attached hydrogens (primary N) is 1. The largest absolute Gasteiger partial charge is 0.330 e. The second kappa shape index (κ2) is 7.50. The molecule has 0 amide bonds. The normalized spacial score (nSPS) is 14.2. The molecule has 3 N–H and O–H groups in total. The highest BCUT2D eigenvalue weighted by Crippen LogP contribution is 2.00. The van der Waals surface area contributed by atoms with Crippen LogP contribution >= 0.6 is 11.8 Å². The molecule has 0 bridgehead atoms. The average molecular weight is 240 g/mol. The maximum atomic E-state index is 11.4. The van der Waals surface area contributed by atoms with E-state index in [9.17, 15) is 8.42 Å². The van der Waals surface area contributed by atoms with Gasteiger partial charge in [-0.3, -0.25) is 0 Å². The van der Waals surface area contributed by atoms with Crippen LogP contribution in [0.15, 0.2) is 0 Å². The van der Waals surface area contributed by atoms with Crippen molar-refractivity contribution in [3.8, 4) is 0 Å². The van der Waals surface area contributed by atoms with E-state index in [1.165, 1.54) is 0 Å². The first-order valence-electron chi connectivity index (χ1n) is 4.71. The van der Waals surface area contributed by atoms with E-state index in [4.69, 9.17) is 5.73 Å². The predicted molar refractivity (Wildman–Crippen MR) is 63.1 cm³/mol. The van der Waals surface area contributed by atoms with Crippen LogP contribution in [0.2, 0.25) is 0 Å². The summed E-state index contributed by atoms with van der Waals surface area (Å²) in [4.78, 5) is 0. The molecule has 0 aliphatic rings. The predicted octanol–water partition coefficient (Wildman–Crippen LogP) is 0.396. The zero-order chi connectivity index (χ0) is 11.0. The van der Waals surface area contributed by atoms with Crippen LogP contribution in [0.1, 0.15) is 19.8 Å². The summed E-state index contributed by atoms with van der Waals surface area (Å²) in [7, 11) is -3.09. The van der Waals surface area contributed by atoms with Gasteiger partial charge >= 0.3 is 0 Å².